The first-order chi connectivity index (χ1) is 9.79. The molecular weight excluding hydrogens is 317 g/mol. The predicted octanol–water partition coefficient (Wildman–Crippen LogP) is 1.17. The topological polar surface area (TPSA) is 71.5 Å². The summed E-state index contributed by atoms with van der Waals surface area (Å²) < 4.78 is 63.0. The van der Waals surface area contributed by atoms with Gasteiger partial charge in [0.2, 0.25) is 10.0 Å². The van der Waals surface area contributed by atoms with Crippen molar-refractivity contribution >= 4 is 19.9 Å². The summed E-state index contributed by atoms with van der Waals surface area (Å²) >= 11 is 0. The largest absolute Gasteiger partial charge is 0.243 e. The maximum absolute atomic E-state index is 13.0. The van der Waals surface area contributed by atoms with E-state index in [1.807, 2.05) is 0 Å². The molecule has 1 heterocycles. The molecule has 0 N–H and O–H groups in total. The lowest BCUT2D eigenvalue weighted by Crippen LogP contribution is -2.42. The third kappa shape index (κ3) is 2.97. The van der Waals surface area contributed by atoms with Crippen LogP contribution in [-0.4, -0.2) is 44.7 Å². The standard InChI is InChI=1S/C13H16FNO4S2/c14-10-1-5-13(6-2-10)21(18,19)15(11-3-4-11)12-7-8-20(16,17)9-12/h1-2,5-6,11-12H,3-4,7-9H2. The maximum atomic E-state index is 13.0. The molecule has 21 heavy (non-hydrogen) atoms. The molecule has 2 aliphatic rings. The number of sulfone groups is 1. The molecule has 116 valence electrons. The number of nitrogens with zero attached hydrogens (tertiary/aromatic N) is 1. The van der Waals surface area contributed by atoms with Gasteiger partial charge in [0.25, 0.3) is 0 Å². The number of benzene rings is 1. The van der Waals surface area contributed by atoms with Gasteiger partial charge in [-0.15, -0.1) is 0 Å². The zero-order valence-corrected chi connectivity index (χ0v) is 12.9. The number of halogens is 1. The molecule has 3 rings (SSSR count). The van der Waals surface area contributed by atoms with Crippen LogP contribution in [0.1, 0.15) is 19.3 Å². The number of rotatable bonds is 4. The molecule has 1 aliphatic heterocycles. The van der Waals surface area contributed by atoms with Gasteiger partial charge in [0, 0.05) is 12.1 Å². The van der Waals surface area contributed by atoms with Crippen molar-refractivity contribution in [1.82, 2.24) is 4.31 Å². The SMILES string of the molecule is O=S1(=O)CCC(N(C2CC2)S(=O)(=O)c2ccc(F)cc2)C1. The molecule has 0 radical (unpaired) electrons. The zero-order chi connectivity index (χ0) is 15.3. The Bertz CT molecular complexity index is 739. The number of hydrogen-bond acceptors (Lipinski definition) is 4. The molecule has 5 nitrogen and oxygen atoms in total. The normalized spacial score (nSPS) is 25.3. The Morgan fingerprint density at radius 1 is 1.05 bits per heavy atom. The van der Waals surface area contributed by atoms with Crippen molar-refractivity contribution < 1.29 is 21.2 Å². The quantitative estimate of drug-likeness (QED) is 0.829. The number of hydrogen-bond donors (Lipinski definition) is 0. The highest BCUT2D eigenvalue weighted by Crippen LogP contribution is 2.36. The minimum Gasteiger partial charge on any atom is -0.229 e. The summed E-state index contributed by atoms with van der Waals surface area (Å²) in [5.74, 6) is -0.598. The average Bonchev–Trinajstić information content (AvgIpc) is 3.14. The highest BCUT2D eigenvalue weighted by atomic mass is 32.2. The monoisotopic (exact) mass is 333 g/mol. The van der Waals surface area contributed by atoms with Crippen LogP contribution >= 0.6 is 0 Å². The van der Waals surface area contributed by atoms with E-state index in [1.165, 1.54) is 16.4 Å². The van der Waals surface area contributed by atoms with Gasteiger partial charge in [-0.25, -0.2) is 21.2 Å². The van der Waals surface area contributed by atoms with E-state index in [2.05, 4.69) is 0 Å². The van der Waals surface area contributed by atoms with Crippen molar-refractivity contribution in [3.05, 3.63) is 30.1 Å². The molecule has 8 heteroatoms. The van der Waals surface area contributed by atoms with Gasteiger partial charge in [-0.05, 0) is 43.5 Å². The van der Waals surface area contributed by atoms with Gasteiger partial charge in [0.15, 0.2) is 9.84 Å². The summed E-state index contributed by atoms with van der Waals surface area (Å²) in [7, 11) is -6.95. The predicted molar refractivity (Wildman–Crippen MR) is 75.5 cm³/mol. The lowest BCUT2D eigenvalue weighted by molar-refractivity contribution is 0.332. The van der Waals surface area contributed by atoms with Gasteiger partial charge in [-0.1, -0.05) is 0 Å². The van der Waals surface area contributed by atoms with Gasteiger partial charge in [0.1, 0.15) is 5.82 Å². The van der Waals surface area contributed by atoms with Crippen LogP contribution in [0.3, 0.4) is 0 Å². The van der Waals surface area contributed by atoms with Crippen LogP contribution in [0.15, 0.2) is 29.2 Å². The fraction of sp³-hybridized carbons (Fsp3) is 0.538. The van der Waals surface area contributed by atoms with E-state index >= 15 is 0 Å². The highest BCUT2D eigenvalue weighted by Gasteiger charge is 2.46. The average molecular weight is 333 g/mol. The fourth-order valence-corrected chi connectivity index (χ4v) is 6.43. The van der Waals surface area contributed by atoms with Crippen LogP contribution in [0.2, 0.25) is 0 Å². The third-order valence-corrected chi connectivity index (χ3v) is 7.63. The van der Waals surface area contributed by atoms with Gasteiger partial charge in [-0.2, -0.15) is 4.31 Å². The molecule has 1 aromatic carbocycles. The first-order valence-electron chi connectivity index (χ1n) is 6.79. The Hall–Kier alpha value is -0.990. The van der Waals surface area contributed by atoms with Crippen LogP contribution < -0.4 is 0 Å². The van der Waals surface area contributed by atoms with Gasteiger partial charge in [0.05, 0.1) is 16.4 Å². The highest BCUT2D eigenvalue weighted by molar-refractivity contribution is 7.92. The van der Waals surface area contributed by atoms with Gasteiger partial charge < -0.3 is 0 Å². The van der Waals surface area contributed by atoms with E-state index < -0.39 is 31.7 Å². The smallest absolute Gasteiger partial charge is 0.229 e. The van der Waals surface area contributed by atoms with E-state index in [0.29, 0.717) is 6.42 Å². The molecular formula is C13H16FNO4S2. The summed E-state index contributed by atoms with van der Waals surface area (Å²) in [6.45, 7) is 0. The fourth-order valence-electron chi connectivity index (χ4n) is 2.72. The van der Waals surface area contributed by atoms with E-state index in [-0.39, 0.29) is 22.4 Å². The molecule has 0 bridgehead atoms. The first-order valence-corrected chi connectivity index (χ1v) is 10.1. The second kappa shape index (κ2) is 5.03. The zero-order valence-electron chi connectivity index (χ0n) is 11.3. The summed E-state index contributed by atoms with van der Waals surface area (Å²) in [4.78, 5) is 0.0140. The summed E-state index contributed by atoms with van der Waals surface area (Å²) in [6, 6.07) is 4.02. The summed E-state index contributed by atoms with van der Waals surface area (Å²) in [5.41, 5.74) is 0. The van der Waals surface area contributed by atoms with Crippen molar-refractivity contribution in [2.24, 2.45) is 0 Å². The lowest BCUT2D eigenvalue weighted by Gasteiger charge is -2.27. The Kier molecular flexibility index (Phi) is 3.58. The Morgan fingerprint density at radius 2 is 1.67 bits per heavy atom. The molecule has 0 spiro atoms. The molecule has 1 aliphatic carbocycles. The molecule has 1 saturated heterocycles. The summed E-state index contributed by atoms with van der Waals surface area (Å²) in [6.07, 6.45) is 1.83. The van der Waals surface area contributed by atoms with Crippen LogP contribution in [0, 0.1) is 5.82 Å². The molecule has 2 fully saturated rings. The van der Waals surface area contributed by atoms with E-state index in [1.54, 1.807) is 0 Å². The minimum atomic E-state index is -3.79. The van der Waals surface area contributed by atoms with E-state index in [4.69, 9.17) is 0 Å². The van der Waals surface area contributed by atoms with Crippen molar-refractivity contribution in [3.63, 3.8) is 0 Å². The van der Waals surface area contributed by atoms with Crippen molar-refractivity contribution in [3.8, 4) is 0 Å². The number of sulfonamides is 1. The van der Waals surface area contributed by atoms with Crippen LogP contribution in [0.25, 0.3) is 0 Å². The third-order valence-electron chi connectivity index (χ3n) is 3.86. The second-order valence-electron chi connectivity index (χ2n) is 5.58. The van der Waals surface area contributed by atoms with Crippen LogP contribution in [-0.2, 0) is 19.9 Å². The van der Waals surface area contributed by atoms with E-state index in [9.17, 15) is 21.2 Å². The van der Waals surface area contributed by atoms with Gasteiger partial charge in [-0.3, -0.25) is 0 Å². The molecule has 0 aromatic heterocycles. The van der Waals surface area contributed by atoms with Crippen LogP contribution in [0.5, 0.6) is 0 Å². The molecule has 1 atom stereocenters. The van der Waals surface area contributed by atoms with Crippen molar-refractivity contribution in [2.45, 2.75) is 36.2 Å². The lowest BCUT2D eigenvalue weighted by atomic mass is 10.2. The van der Waals surface area contributed by atoms with Crippen LogP contribution in [0.4, 0.5) is 4.39 Å². The molecule has 0 amide bonds. The Balaban J connectivity index is 1.95. The van der Waals surface area contributed by atoms with Crippen molar-refractivity contribution in [2.75, 3.05) is 11.5 Å². The van der Waals surface area contributed by atoms with Gasteiger partial charge >= 0.3 is 0 Å². The minimum absolute atomic E-state index is 0.0140. The van der Waals surface area contributed by atoms with Crippen molar-refractivity contribution in [1.29, 1.82) is 0 Å². The summed E-state index contributed by atoms with van der Waals surface area (Å²) in [5, 5.41) is 0. The Labute approximate surface area is 123 Å². The molecule has 1 saturated carbocycles. The molecule has 1 aromatic rings. The second-order valence-corrected chi connectivity index (χ2v) is 9.65. The Morgan fingerprint density at radius 3 is 2.14 bits per heavy atom. The molecule has 1 unspecified atom stereocenters. The van der Waals surface area contributed by atoms with E-state index in [0.717, 1.165) is 25.0 Å². The maximum Gasteiger partial charge on any atom is 0.243 e. The first kappa shape index (κ1) is 14.9.